The van der Waals surface area contributed by atoms with Crippen LogP contribution in [0.15, 0.2) is 18.2 Å². The summed E-state index contributed by atoms with van der Waals surface area (Å²) in [5, 5.41) is 2.93. The predicted octanol–water partition coefficient (Wildman–Crippen LogP) is 2.13. The first-order valence-corrected chi connectivity index (χ1v) is 9.85. The highest BCUT2D eigenvalue weighted by atomic mass is 16.5. The first kappa shape index (κ1) is 18.0. The van der Waals surface area contributed by atoms with E-state index in [9.17, 15) is 14.4 Å². The Hall–Kier alpha value is -2.37. The van der Waals surface area contributed by atoms with Crippen LogP contribution in [0.25, 0.3) is 0 Å². The zero-order valence-electron chi connectivity index (χ0n) is 15.8. The summed E-state index contributed by atoms with van der Waals surface area (Å²) in [5.74, 6) is -1.08. The quantitative estimate of drug-likeness (QED) is 0.824. The van der Waals surface area contributed by atoms with Crippen LogP contribution < -0.4 is 10.2 Å². The Morgan fingerprint density at radius 2 is 1.89 bits per heavy atom. The van der Waals surface area contributed by atoms with Crippen LogP contribution >= 0.6 is 0 Å². The van der Waals surface area contributed by atoms with Gasteiger partial charge in [-0.05, 0) is 55.4 Å². The molecule has 0 aromatic heterocycles. The Bertz CT molecular complexity index is 782. The molecule has 0 radical (unpaired) electrons. The third-order valence-corrected chi connectivity index (χ3v) is 6.29. The van der Waals surface area contributed by atoms with Crippen LogP contribution in [0.5, 0.6) is 0 Å². The minimum absolute atomic E-state index is 0.0355. The van der Waals surface area contributed by atoms with Crippen molar-refractivity contribution in [2.75, 3.05) is 18.6 Å². The van der Waals surface area contributed by atoms with Crippen LogP contribution in [0.3, 0.4) is 0 Å². The molecule has 1 saturated heterocycles. The number of aryl methyl sites for hydroxylation is 2. The number of rotatable bonds is 4. The first-order valence-electron chi connectivity index (χ1n) is 9.85. The molecule has 2 aliphatic carbocycles. The van der Waals surface area contributed by atoms with E-state index in [0.29, 0.717) is 19.4 Å². The Balaban J connectivity index is 1.47. The largest absolute Gasteiger partial charge is 0.467 e. The average molecular weight is 370 g/mol. The number of hydrogen-bond acceptors (Lipinski definition) is 4. The van der Waals surface area contributed by atoms with Gasteiger partial charge >= 0.3 is 5.97 Å². The molecule has 1 aromatic carbocycles. The van der Waals surface area contributed by atoms with Crippen molar-refractivity contribution in [1.82, 2.24) is 5.32 Å². The number of benzene rings is 1. The molecule has 2 amide bonds. The highest BCUT2D eigenvalue weighted by Crippen LogP contribution is 2.33. The van der Waals surface area contributed by atoms with Crippen LogP contribution in [0, 0.1) is 5.92 Å². The van der Waals surface area contributed by atoms with Gasteiger partial charge in [0.25, 0.3) is 0 Å². The molecule has 1 unspecified atom stereocenters. The molecule has 1 aliphatic heterocycles. The molecule has 4 rings (SSSR count). The van der Waals surface area contributed by atoms with E-state index in [4.69, 9.17) is 4.74 Å². The molecule has 2 fully saturated rings. The maximum absolute atomic E-state index is 12.8. The maximum Gasteiger partial charge on any atom is 0.331 e. The second kappa shape index (κ2) is 6.98. The van der Waals surface area contributed by atoms with E-state index < -0.39 is 11.5 Å². The number of fused-ring (bicyclic) bond motifs is 1. The van der Waals surface area contributed by atoms with E-state index in [1.54, 1.807) is 4.90 Å². The van der Waals surface area contributed by atoms with Gasteiger partial charge in [-0.2, -0.15) is 0 Å². The molecule has 3 aliphatic rings. The van der Waals surface area contributed by atoms with Gasteiger partial charge in [0, 0.05) is 18.7 Å². The summed E-state index contributed by atoms with van der Waals surface area (Å²) in [6.07, 6.45) is 6.47. The Kier molecular flexibility index (Phi) is 4.66. The molecule has 27 heavy (non-hydrogen) atoms. The third kappa shape index (κ3) is 3.22. The van der Waals surface area contributed by atoms with Gasteiger partial charge in [-0.15, -0.1) is 0 Å². The lowest BCUT2D eigenvalue weighted by molar-refractivity contribution is -0.151. The number of methoxy groups -OCH3 is 1. The zero-order chi connectivity index (χ0) is 19.0. The Morgan fingerprint density at radius 1 is 1.15 bits per heavy atom. The number of esters is 1. The normalized spacial score (nSPS) is 23.4. The molecule has 1 aromatic rings. The lowest BCUT2D eigenvalue weighted by atomic mass is 9.96. The molecule has 1 atom stereocenters. The number of amides is 2. The highest BCUT2D eigenvalue weighted by Gasteiger charge is 2.46. The van der Waals surface area contributed by atoms with Crippen molar-refractivity contribution in [3.05, 3.63) is 29.3 Å². The topological polar surface area (TPSA) is 75.7 Å². The molecular formula is C21H26N2O4. The van der Waals surface area contributed by atoms with Crippen molar-refractivity contribution in [3.63, 3.8) is 0 Å². The minimum Gasteiger partial charge on any atom is -0.467 e. The smallest absolute Gasteiger partial charge is 0.331 e. The van der Waals surface area contributed by atoms with Crippen molar-refractivity contribution in [1.29, 1.82) is 0 Å². The number of anilines is 1. The van der Waals surface area contributed by atoms with Crippen LogP contribution in [0.1, 0.15) is 49.7 Å². The number of ether oxygens (including phenoxy) is 1. The van der Waals surface area contributed by atoms with Gasteiger partial charge in [-0.1, -0.05) is 18.9 Å². The van der Waals surface area contributed by atoms with E-state index >= 15 is 0 Å². The first-order chi connectivity index (χ1) is 13.0. The van der Waals surface area contributed by atoms with Crippen molar-refractivity contribution in [2.24, 2.45) is 5.92 Å². The standard InChI is InChI=1S/C21H26N2O4/c1-27-20(26)21(9-2-3-10-21)22-19(25)16-12-18(24)23(13-16)17-8-7-14-5-4-6-15(14)11-17/h7-8,11,16H,2-6,9-10,12-13H2,1H3,(H,22,25). The molecule has 1 N–H and O–H groups in total. The lowest BCUT2D eigenvalue weighted by Crippen LogP contribution is -2.54. The van der Waals surface area contributed by atoms with Crippen molar-refractivity contribution < 1.29 is 19.1 Å². The van der Waals surface area contributed by atoms with Crippen molar-refractivity contribution >= 4 is 23.5 Å². The fraction of sp³-hybridized carbons (Fsp3) is 0.571. The second-order valence-corrected chi connectivity index (χ2v) is 7.98. The number of nitrogens with one attached hydrogen (secondary N) is 1. The van der Waals surface area contributed by atoms with Gasteiger partial charge in [0.15, 0.2) is 0 Å². The van der Waals surface area contributed by atoms with Gasteiger partial charge in [0.05, 0.1) is 13.0 Å². The summed E-state index contributed by atoms with van der Waals surface area (Å²) in [7, 11) is 1.35. The molecule has 0 bridgehead atoms. The fourth-order valence-electron chi connectivity index (χ4n) is 4.75. The van der Waals surface area contributed by atoms with E-state index in [2.05, 4.69) is 17.4 Å². The van der Waals surface area contributed by atoms with Gasteiger partial charge in [0.1, 0.15) is 5.54 Å². The van der Waals surface area contributed by atoms with E-state index in [1.165, 1.54) is 18.2 Å². The molecule has 144 valence electrons. The summed E-state index contributed by atoms with van der Waals surface area (Å²) < 4.78 is 4.92. The number of hydrogen-bond donors (Lipinski definition) is 1. The monoisotopic (exact) mass is 370 g/mol. The van der Waals surface area contributed by atoms with E-state index in [1.807, 2.05) is 6.07 Å². The summed E-state index contributed by atoms with van der Waals surface area (Å²) in [5.41, 5.74) is 2.62. The van der Waals surface area contributed by atoms with Gasteiger partial charge in [0.2, 0.25) is 11.8 Å². The summed E-state index contributed by atoms with van der Waals surface area (Å²) in [6.45, 7) is 0.362. The summed E-state index contributed by atoms with van der Waals surface area (Å²) >= 11 is 0. The van der Waals surface area contributed by atoms with Crippen molar-refractivity contribution in [3.8, 4) is 0 Å². The molecule has 1 saturated carbocycles. The van der Waals surface area contributed by atoms with Crippen molar-refractivity contribution in [2.45, 2.75) is 56.9 Å². The van der Waals surface area contributed by atoms with Gasteiger partial charge in [-0.25, -0.2) is 4.79 Å². The Labute approximate surface area is 159 Å². The number of nitrogens with zero attached hydrogens (tertiary/aromatic N) is 1. The van der Waals surface area contributed by atoms with Gasteiger partial charge in [-0.3, -0.25) is 9.59 Å². The van der Waals surface area contributed by atoms with Crippen LogP contribution in [0.4, 0.5) is 5.69 Å². The molecule has 1 heterocycles. The van der Waals surface area contributed by atoms with Crippen LogP contribution in [-0.4, -0.2) is 37.0 Å². The average Bonchev–Trinajstić information content (AvgIpc) is 3.40. The van der Waals surface area contributed by atoms with E-state index in [0.717, 1.165) is 37.8 Å². The molecular weight excluding hydrogens is 344 g/mol. The highest BCUT2D eigenvalue weighted by molar-refractivity contribution is 6.01. The Morgan fingerprint density at radius 3 is 2.63 bits per heavy atom. The van der Waals surface area contributed by atoms with Gasteiger partial charge < -0.3 is 15.0 Å². The predicted molar refractivity (Wildman–Crippen MR) is 100 cm³/mol. The number of carbonyl (C=O) groups excluding carboxylic acids is 3. The minimum atomic E-state index is -0.921. The molecule has 6 heteroatoms. The maximum atomic E-state index is 12.8. The molecule has 6 nitrogen and oxygen atoms in total. The third-order valence-electron chi connectivity index (χ3n) is 6.29. The van der Waals surface area contributed by atoms with E-state index in [-0.39, 0.29) is 24.2 Å². The molecule has 0 spiro atoms. The van der Waals surface area contributed by atoms with Crippen LogP contribution in [0.2, 0.25) is 0 Å². The summed E-state index contributed by atoms with van der Waals surface area (Å²) in [4.78, 5) is 39.3. The fourth-order valence-corrected chi connectivity index (χ4v) is 4.75. The van der Waals surface area contributed by atoms with Crippen LogP contribution in [-0.2, 0) is 32.0 Å². The number of carbonyl (C=O) groups is 3. The second-order valence-electron chi connectivity index (χ2n) is 7.98. The zero-order valence-corrected chi connectivity index (χ0v) is 15.8. The SMILES string of the molecule is COC(=O)C1(NC(=O)C2CC(=O)N(c3ccc4c(c3)CCC4)C2)CCCC1. The summed E-state index contributed by atoms with van der Waals surface area (Å²) in [6, 6.07) is 6.17. The lowest BCUT2D eigenvalue weighted by Gasteiger charge is -2.28.